The van der Waals surface area contributed by atoms with E-state index in [1.807, 2.05) is 6.92 Å². The van der Waals surface area contributed by atoms with E-state index >= 15 is 0 Å². The fraction of sp³-hybridized carbons (Fsp3) is 0.833. The molecule has 0 spiro atoms. The average Bonchev–Trinajstić information content (AvgIpc) is 3.07. The number of carbonyl (C=O) groups is 2. The van der Waals surface area contributed by atoms with Gasteiger partial charge in [-0.3, -0.25) is 9.59 Å². The molecule has 0 heterocycles. The average molecular weight is 258 g/mol. The van der Waals surface area contributed by atoms with Gasteiger partial charge in [0.2, 0.25) is 11.8 Å². The summed E-state index contributed by atoms with van der Waals surface area (Å²) >= 11 is 4.26. The zero-order valence-electron chi connectivity index (χ0n) is 10.8. The molecule has 0 saturated heterocycles. The van der Waals surface area contributed by atoms with Crippen LogP contribution in [0.3, 0.4) is 0 Å². The lowest BCUT2D eigenvalue weighted by atomic mass is 10.0. The third-order valence-electron chi connectivity index (χ3n) is 3.43. The monoisotopic (exact) mass is 258 g/mol. The zero-order chi connectivity index (χ0) is 13.1. The molecular weight excluding hydrogens is 236 g/mol. The molecule has 0 aromatic heterocycles. The number of amides is 2. The third-order valence-corrected chi connectivity index (χ3v) is 4.10. The fourth-order valence-electron chi connectivity index (χ4n) is 1.75. The quantitative estimate of drug-likeness (QED) is 0.700. The SMILES string of the molecule is CCN(C)C(=O)C(C)NC(=O)CC1(CS)CC1. The van der Waals surface area contributed by atoms with Crippen molar-refractivity contribution in [1.82, 2.24) is 10.2 Å². The van der Waals surface area contributed by atoms with Crippen LogP contribution in [0.2, 0.25) is 0 Å². The molecule has 1 rings (SSSR count). The smallest absolute Gasteiger partial charge is 0.244 e. The predicted molar refractivity (Wildman–Crippen MR) is 71.1 cm³/mol. The van der Waals surface area contributed by atoms with E-state index in [0.29, 0.717) is 13.0 Å². The summed E-state index contributed by atoms with van der Waals surface area (Å²) in [6.07, 6.45) is 2.63. The largest absolute Gasteiger partial charge is 0.345 e. The van der Waals surface area contributed by atoms with Crippen molar-refractivity contribution in [3.63, 3.8) is 0 Å². The van der Waals surface area contributed by atoms with Gasteiger partial charge in [0, 0.05) is 20.0 Å². The van der Waals surface area contributed by atoms with E-state index in [2.05, 4.69) is 17.9 Å². The molecule has 2 amide bonds. The van der Waals surface area contributed by atoms with Gasteiger partial charge in [0.15, 0.2) is 0 Å². The van der Waals surface area contributed by atoms with Gasteiger partial charge in [0.05, 0.1) is 0 Å². The van der Waals surface area contributed by atoms with Crippen molar-refractivity contribution in [2.24, 2.45) is 5.41 Å². The summed E-state index contributed by atoms with van der Waals surface area (Å²) in [7, 11) is 1.74. The standard InChI is InChI=1S/C12H22N2O2S/c1-4-14(3)11(16)9(2)13-10(15)7-12(8-17)5-6-12/h9,17H,4-8H2,1-3H3,(H,13,15). The second-order valence-electron chi connectivity index (χ2n) is 4.98. The molecule has 1 unspecified atom stereocenters. The van der Waals surface area contributed by atoms with E-state index in [1.54, 1.807) is 18.9 Å². The van der Waals surface area contributed by atoms with Gasteiger partial charge in [0.25, 0.3) is 0 Å². The third kappa shape index (κ3) is 3.91. The first-order valence-electron chi connectivity index (χ1n) is 6.09. The summed E-state index contributed by atoms with van der Waals surface area (Å²) in [6, 6.07) is -0.442. The maximum Gasteiger partial charge on any atom is 0.244 e. The molecule has 4 nitrogen and oxygen atoms in total. The van der Waals surface area contributed by atoms with Crippen LogP contribution in [-0.4, -0.2) is 42.1 Å². The number of thiol groups is 1. The van der Waals surface area contributed by atoms with Gasteiger partial charge in [-0.1, -0.05) is 0 Å². The Balaban J connectivity index is 2.38. The van der Waals surface area contributed by atoms with Crippen LogP contribution in [0, 0.1) is 5.41 Å². The molecule has 1 atom stereocenters. The predicted octanol–water partition coefficient (Wildman–Crippen LogP) is 1.07. The Morgan fingerprint density at radius 1 is 1.47 bits per heavy atom. The van der Waals surface area contributed by atoms with Crippen LogP contribution in [0.1, 0.15) is 33.1 Å². The Labute approximate surface area is 109 Å². The molecule has 98 valence electrons. The second-order valence-corrected chi connectivity index (χ2v) is 5.29. The molecule has 1 aliphatic carbocycles. The van der Waals surface area contributed by atoms with Crippen LogP contribution in [-0.2, 0) is 9.59 Å². The van der Waals surface area contributed by atoms with E-state index in [0.717, 1.165) is 18.6 Å². The minimum absolute atomic E-state index is 0.0399. The van der Waals surface area contributed by atoms with Gasteiger partial charge in [-0.2, -0.15) is 12.6 Å². The first-order chi connectivity index (χ1) is 7.94. The lowest BCUT2D eigenvalue weighted by Crippen LogP contribution is -2.45. The highest BCUT2D eigenvalue weighted by Crippen LogP contribution is 2.49. The summed E-state index contributed by atoms with van der Waals surface area (Å²) in [5.74, 6) is 0.663. The first-order valence-corrected chi connectivity index (χ1v) is 6.72. The topological polar surface area (TPSA) is 49.4 Å². The molecule has 1 aliphatic rings. The van der Waals surface area contributed by atoms with Gasteiger partial charge in [-0.25, -0.2) is 0 Å². The number of hydrogen-bond acceptors (Lipinski definition) is 3. The Morgan fingerprint density at radius 3 is 2.47 bits per heavy atom. The van der Waals surface area contributed by atoms with Gasteiger partial charge >= 0.3 is 0 Å². The number of nitrogens with one attached hydrogen (secondary N) is 1. The van der Waals surface area contributed by atoms with E-state index in [1.165, 1.54) is 0 Å². The van der Waals surface area contributed by atoms with E-state index in [-0.39, 0.29) is 17.2 Å². The number of nitrogens with zero attached hydrogens (tertiary/aromatic N) is 1. The molecular formula is C12H22N2O2S. The van der Waals surface area contributed by atoms with Crippen molar-refractivity contribution in [3.05, 3.63) is 0 Å². The highest BCUT2D eigenvalue weighted by molar-refractivity contribution is 7.80. The highest BCUT2D eigenvalue weighted by Gasteiger charge is 2.43. The molecule has 0 radical (unpaired) electrons. The van der Waals surface area contributed by atoms with Crippen molar-refractivity contribution in [2.45, 2.75) is 39.2 Å². The summed E-state index contributed by atoms with van der Waals surface area (Å²) in [6.45, 7) is 4.29. The minimum atomic E-state index is -0.442. The van der Waals surface area contributed by atoms with Crippen LogP contribution in [0.25, 0.3) is 0 Å². The minimum Gasteiger partial charge on any atom is -0.345 e. The highest BCUT2D eigenvalue weighted by atomic mass is 32.1. The molecule has 1 N–H and O–H groups in total. The normalized spacial score (nSPS) is 18.4. The van der Waals surface area contributed by atoms with Crippen molar-refractivity contribution < 1.29 is 9.59 Å². The summed E-state index contributed by atoms with van der Waals surface area (Å²) in [5, 5.41) is 2.76. The molecule has 1 fully saturated rings. The van der Waals surface area contributed by atoms with E-state index in [9.17, 15) is 9.59 Å². The van der Waals surface area contributed by atoms with Crippen molar-refractivity contribution in [2.75, 3.05) is 19.3 Å². The Morgan fingerprint density at radius 2 is 2.06 bits per heavy atom. The Bertz CT molecular complexity index is 303. The second kappa shape index (κ2) is 5.76. The molecule has 5 heteroatoms. The van der Waals surface area contributed by atoms with Crippen LogP contribution in [0.5, 0.6) is 0 Å². The van der Waals surface area contributed by atoms with E-state index in [4.69, 9.17) is 0 Å². The lowest BCUT2D eigenvalue weighted by Gasteiger charge is -2.21. The number of rotatable bonds is 6. The zero-order valence-corrected chi connectivity index (χ0v) is 11.7. The van der Waals surface area contributed by atoms with E-state index < -0.39 is 6.04 Å². The van der Waals surface area contributed by atoms with Gasteiger partial charge < -0.3 is 10.2 Å². The lowest BCUT2D eigenvalue weighted by molar-refractivity contribution is -0.135. The van der Waals surface area contributed by atoms with Crippen LogP contribution < -0.4 is 5.32 Å². The Hall–Kier alpha value is -0.710. The maximum absolute atomic E-state index is 11.8. The van der Waals surface area contributed by atoms with Crippen molar-refractivity contribution in [1.29, 1.82) is 0 Å². The van der Waals surface area contributed by atoms with Crippen LogP contribution in [0.15, 0.2) is 0 Å². The van der Waals surface area contributed by atoms with Crippen molar-refractivity contribution >= 4 is 24.4 Å². The number of likely N-dealkylation sites (N-methyl/N-ethyl adjacent to an activating group) is 1. The van der Waals surface area contributed by atoms with Crippen molar-refractivity contribution in [3.8, 4) is 0 Å². The maximum atomic E-state index is 11.8. The van der Waals surface area contributed by atoms with Crippen LogP contribution >= 0.6 is 12.6 Å². The molecule has 0 bridgehead atoms. The first kappa shape index (κ1) is 14.4. The molecule has 1 saturated carbocycles. The number of carbonyl (C=O) groups excluding carboxylic acids is 2. The summed E-state index contributed by atoms with van der Waals surface area (Å²) in [5.41, 5.74) is 0.104. The summed E-state index contributed by atoms with van der Waals surface area (Å²) < 4.78 is 0. The molecule has 0 aromatic carbocycles. The van der Waals surface area contributed by atoms with Crippen LogP contribution in [0.4, 0.5) is 0 Å². The fourth-order valence-corrected chi connectivity index (χ4v) is 2.18. The van der Waals surface area contributed by atoms with Gasteiger partial charge in [-0.15, -0.1) is 0 Å². The number of hydrogen-bond donors (Lipinski definition) is 2. The van der Waals surface area contributed by atoms with Gasteiger partial charge in [0.1, 0.15) is 6.04 Å². The molecule has 17 heavy (non-hydrogen) atoms. The van der Waals surface area contributed by atoms with Gasteiger partial charge in [-0.05, 0) is 37.9 Å². The molecule has 0 aliphatic heterocycles. The molecule has 0 aromatic rings. The summed E-state index contributed by atoms with van der Waals surface area (Å²) in [4.78, 5) is 25.1. The Kier molecular flexibility index (Phi) is 4.86.